The summed E-state index contributed by atoms with van der Waals surface area (Å²) in [6.45, 7) is 9.36. The first kappa shape index (κ1) is 23.7. The van der Waals surface area contributed by atoms with Gasteiger partial charge in [-0.3, -0.25) is 9.59 Å². The molecule has 4 nitrogen and oxygen atoms in total. The number of nitrogens with zero attached hydrogens (tertiary/aromatic N) is 1. The van der Waals surface area contributed by atoms with Gasteiger partial charge in [-0.25, -0.2) is 0 Å². The maximum absolute atomic E-state index is 13.3. The number of carbonyl (C=O) groups is 2. The fourth-order valence-corrected chi connectivity index (χ4v) is 3.85. The van der Waals surface area contributed by atoms with Gasteiger partial charge < -0.3 is 10.2 Å². The van der Waals surface area contributed by atoms with E-state index in [0.29, 0.717) is 25.9 Å². The minimum atomic E-state index is -0.441. The van der Waals surface area contributed by atoms with E-state index < -0.39 is 6.04 Å². The molecular formula is C26H36N2O2. The Morgan fingerprint density at radius 2 is 1.63 bits per heavy atom. The van der Waals surface area contributed by atoms with Crippen LogP contribution in [0.1, 0.15) is 55.4 Å². The van der Waals surface area contributed by atoms with Gasteiger partial charge in [-0.05, 0) is 44.2 Å². The van der Waals surface area contributed by atoms with Crippen molar-refractivity contribution in [3.05, 3.63) is 70.8 Å². The molecule has 2 aromatic rings. The van der Waals surface area contributed by atoms with Crippen LogP contribution in [0, 0.1) is 13.8 Å². The molecule has 0 fully saturated rings. The molecule has 0 aliphatic rings. The second kappa shape index (κ2) is 12.2. The van der Waals surface area contributed by atoms with Crippen LogP contribution in [0.15, 0.2) is 48.5 Å². The Morgan fingerprint density at radius 1 is 0.967 bits per heavy atom. The Balaban J connectivity index is 2.19. The molecule has 0 aliphatic carbocycles. The second-order valence-corrected chi connectivity index (χ2v) is 8.06. The van der Waals surface area contributed by atoms with Gasteiger partial charge in [0, 0.05) is 13.1 Å². The molecule has 1 atom stereocenters. The van der Waals surface area contributed by atoms with E-state index in [4.69, 9.17) is 0 Å². The van der Waals surface area contributed by atoms with Gasteiger partial charge in [0.15, 0.2) is 0 Å². The van der Waals surface area contributed by atoms with Gasteiger partial charge in [0.25, 0.3) is 0 Å². The molecule has 2 rings (SSSR count). The van der Waals surface area contributed by atoms with Gasteiger partial charge >= 0.3 is 0 Å². The van der Waals surface area contributed by atoms with Crippen molar-refractivity contribution < 1.29 is 9.59 Å². The van der Waals surface area contributed by atoms with Crippen LogP contribution in [0.25, 0.3) is 0 Å². The Hall–Kier alpha value is -2.62. The zero-order valence-corrected chi connectivity index (χ0v) is 18.9. The molecule has 0 spiro atoms. The minimum absolute atomic E-state index is 0.00780. The van der Waals surface area contributed by atoms with Gasteiger partial charge in [0.05, 0.1) is 6.42 Å². The van der Waals surface area contributed by atoms with E-state index in [-0.39, 0.29) is 11.8 Å². The van der Waals surface area contributed by atoms with Crippen LogP contribution in [-0.2, 0) is 22.4 Å². The van der Waals surface area contributed by atoms with E-state index in [0.717, 1.165) is 36.0 Å². The summed E-state index contributed by atoms with van der Waals surface area (Å²) in [7, 11) is 0. The molecule has 0 heterocycles. The van der Waals surface area contributed by atoms with Gasteiger partial charge in [0.1, 0.15) is 6.04 Å². The number of carbonyl (C=O) groups excluding carboxylic acids is 2. The third-order valence-electron chi connectivity index (χ3n) is 5.34. The maximum Gasteiger partial charge on any atom is 0.242 e. The average Bonchev–Trinajstić information content (AvgIpc) is 2.71. The highest BCUT2D eigenvalue weighted by Gasteiger charge is 2.28. The SMILES string of the molecule is CCCCNC(=O)[C@H](CC)N(CCc1ccccc1)C(=O)Cc1cc(C)cc(C)c1. The predicted octanol–water partition coefficient (Wildman–Crippen LogP) is 4.61. The van der Waals surface area contributed by atoms with Crippen LogP contribution < -0.4 is 5.32 Å². The molecule has 30 heavy (non-hydrogen) atoms. The number of aryl methyl sites for hydroxylation is 2. The molecular weight excluding hydrogens is 372 g/mol. The van der Waals surface area contributed by atoms with Crippen LogP contribution >= 0.6 is 0 Å². The quantitative estimate of drug-likeness (QED) is 0.552. The van der Waals surface area contributed by atoms with Crippen molar-refractivity contribution in [3.8, 4) is 0 Å². The zero-order valence-electron chi connectivity index (χ0n) is 18.9. The van der Waals surface area contributed by atoms with E-state index in [1.54, 1.807) is 4.90 Å². The molecule has 4 heteroatoms. The van der Waals surface area contributed by atoms with Crippen LogP contribution in [0.4, 0.5) is 0 Å². The first-order chi connectivity index (χ1) is 14.4. The van der Waals surface area contributed by atoms with Crippen LogP contribution in [-0.4, -0.2) is 35.8 Å². The number of amides is 2. The number of benzene rings is 2. The first-order valence-corrected chi connectivity index (χ1v) is 11.1. The Bertz CT molecular complexity index is 797. The first-order valence-electron chi connectivity index (χ1n) is 11.1. The minimum Gasteiger partial charge on any atom is -0.354 e. The molecule has 2 amide bonds. The highest BCUT2D eigenvalue weighted by atomic mass is 16.2. The summed E-state index contributed by atoms with van der Waals surface area (Å²) in [5, 5.41) is 3.02. The number of hydrogen-bond donors (Lipinski definition) is 1. The van der Waals surface area contributed by atoms with Crippen molar-refractivity contribution in [3.63, 3.8) is 0 Å². The number of nitrogens with one attached hydrogen (secondary N) is 1. The summed E-state index contributed by atoms with van der Waals surface area (Å²) in [4.78, 5) is 28.0. The lowest BCUT2D eigenvalue weighted by atomic mass is 10.0. The smallest absolute Gasteiger partial charge is 0.242 e. The maximum atomic E-state index is 13.3. The topological polar surface area (TPSA) is 49.4 Å². The summed E-state index contributed by atoms with van der Waals surface area (Å²) in [6, 6.07) is 15.9. The number of rotatable bonds is 11. The fraction of sp³-hybridized carbons (Fsp3) is 0.462. The van der Waals surface area contributed by atoms with Crippen LogP contribution in [0.3, 0.4) is 0 Å². The lowest BCUT2D eigenvalue weighted by Crippen LogP contribution is -2.50. The lowest BCUT2D eigenvalue weighted by molar-refractivity contribution is -0.140. The predicted molar refractivity (Wildman–Crippen MR) is 123 cm³/mol. The van der Waals surface area contributed by atoms with Crippen molar-refractivity contribution >= 4 is 11.8 Å². The molecule has 0 aliphatic heterocycles. The molecule has 0 radical (unpaired) electrons. The molecule has 0 unspecified atom stereocenters. The number of unbranched alkanes of at least 4 members (excludes halogenated alkanes) is 1. The molecule has 2 aromatic carbocycles. The van der Waals surface area contributed by atoms with E-state index in [2.05, 4.69) is 42.6 Å². The largest absolute Gasteiger partial charge is 0.354 e. The van der Waals surface area contributed by atoms with Gasteiger partial charge in [0.2, 0.25) is 11.8 Å². The Morgan fingerprint density at radius 3 is 2.23 bits per heavy atom. The Labute approximate surface area is 181 Å². The van der Waals surface area contributed by atoms with Crippen LogP contribution in [0.5, 0.6) is 0 Å². The van der Waals surface area contributed by atoms with Crippen LogP contribution in [0.2, 0.25) is 0 Å². The highest BCUT2D eigenvalue weighted by molar-refractivity contribution is 5.88. The van der Waals surface area contributed by atoms with Crippen molar-refractivity contribution in [2.45, 2.75) is 65.8 Å². The monoisotopic (exact) mass is 408 g/mol. The standard InChI is InChI=1S/C26H36N2O2/c1-5-7-14-27-26(30)24(6-2)28(15-13-22-11-9-8-10-12-22)25(29)19-23-17-20(3)16-21(4)18-23/h8-12,16-18,24H,5-7,13-15,19H2,1-4H3,(H,27,30)/t24-/m0/s1. The molecule has 0 saturated carbocycles. The average molecular weight is 409 g/mol. The normalized spacial score (nSPS) is 11.7. The van der Waals surface area contributed by atoms with Gasteiger partial charge in [-0.2, -0.15) is 0 Å². The second-order valence-electron chi connectivity index (χ2n) is 8.06. The fourth-order valence-electron chi connectivity index (χ4n) is 3.85. The van der Waals surface area contributed by atoms with E-state index in [9.17, 15) is 9.59 Å². The molecule has 0 aromatic heterocycles. The summed E-state index contributed by atoms with van der Waals surface area (Å²) in [5.74, 6) is -0.0405. The Kier molecular flexibility index (Phi) is 9.59. The summed E-state index contributed by atoms with van der Waals surface area (Å²) in [5.41, 5.74) is 4.47. The summed E-state index contributed by atoms with van der Waals surface area (Å²) < 4.78 is 0. The summed E-state index contributed by atoms with van der Waals surface area (Å²) >= 11 is 0. The van der Waals surface area contributed by atoms with Gasteiger partial charge in [-0.1, -0.05) is 79.9 Å². The van der Waals surface area contributed by atoms with Crippen molar-refractivity contribution in [1.82, 2.24) is 10.2 Å². The summed E-state index contributed by atoms with van der Waals surface area (Å²) in [6.07, 6.45) is 3.63. The van der Waals surface area contributed by atoms with Gasteiger partial charge in [-0.15, -0.1) is 0 Å². The van der Waals surface area contributed by atoms with Crippen molar-refractivity contribution in [2.24, 2.45) is 0 Å². The van der Waals surface area contributed by atoms with E-state index >= 15 is 0 Å². The molecule has 0 saturated heterocycles. The molecule has 162 valence electrons. The third-order valence-corrected chi connectivity index (χ3v) is 5.34. The molecule has 1 N–H and O–H groups in total. The number of hydrogen-bond acceptors (Lipinski definition) is 2. The van der Waals surface area contributed by atoms with E-state index in [1.165, 1.54) is 5.56 Å². The van der Waals surface area contributed by atoms with Crippen molar-refractivity contribution in [2.75, 3.05) is 13.1 Å². The van der Waals surface area contributed by atoms with Crippen molar-refractivity contribution in [1.29, 1.82) is 0 Å². The van der Waals surface area contributed by atoms with E-state index in [1.807, 2.05) is 39.0 Å². The third kappa shape index (κ3) is 7.33. The zero-order chi connectivity index (χ0) is 21.9. The molecule has 0 bridgehead atoms. The highest BCUT2D eigenvalue weighted by Crippen LogP contribution is 2.14. The lowest BCUT2D eigenvalue weighted by Gasteiger charge is -2.31.